The van der Waals surface area contributed by atoms with E-state index in [4.69, 9.17) is 4.98 Å². The fourth-order valence-electron chi connectivity index (χ4n) is 5.60. The van der Waals surface area contributed by atoms with Gasteiger partial charge >= 0.3 is 12.2 Å². The number of nitrogens with zero attached hydrogens (tertiary/aromatic N) is 6. The molecule has 246 valence electrons. The lowest BCUT2D eigenvalue weighted by molar-refractivity contribution is -0.141. The van der Waals surface area contributed by atoms with Crippen LogP contribution in [0.1, 0.15) is 71.5 Å². The normalized spacial score (nSPS) is 16.9. The van der Waals surface area contributed by atoms with Gasteiger partial charge in [0, 0.05) is 36.7 Å². The predicted molar refractivity (Wildman–Crippen MR) is 167 cm³/mol. The highest BCUT2D eigenvalue weighted by Gasteiger charge is 2.33. The van der Waals surface area contributed by atoms with E-state index < -0.39 is 35.1 Å². The van der Waals surface area contributed by atoms with Crippen LogP contribution >= 0.6 is 11.3 Å². The van der Waals surface area contributed by atoms with Crippen molar-refractivity contribution in [2.45, 2.75) is 57.3 Å². The Bertz CT molecular complexity index is 1830. The number of halogens is 3. The number of anilines is 2. The molecule has 0 spiro atoms. The van der Waals surface area contributed by atoms with E-state index in [9.17, 15) is 32.7 Å². The van der Waals surface area contributed by atoms with Crippen LogP contribution < -0.4 is 15.5 Å². The molecule has 0 bridgehead atoms. The number of hydrogen-bond donors (Lipinski definition) is 3. The molecule has 0 radical (unpaired) electrons. The molecule has 2 fully saturated rings. The minimum Gasteiger partial charge on any atom is -0.386 e. The second-order valence-corrected chi connectivity index (χ2v) is 13.1. The van der Waals surface area contributed by atoms with Gasteiger partial charge in [0.2, 0.25) is 5.91 Å². The average molecular weight is 669 g/mol. The largest absolute Gasteiger partial charge is 0.433 e. The second-order valence-electron chi connectivity index (χ2n) is 12.0. The molecule has 2 aliphatic heterocycles. The van der Waals surface area contributed by atoms with E-state index in [1.165, 1.54) is 28.5 Å². The smallest absolute Gasteiger partial charge is 0.386 e. The summed E-state index contributed by atoms with van der Waals surface area (Å²) in [6.45, 7) is 5.54. The summed E-state index contributed by atoms with van der Waals surface area (Å²) in [5.74, 6) is -0.565. The molecule has 12 nitrogen and oxygen atoms in total. The van der Waals surface area contributed by atoms with Gasteiger partial charge in [0.05, 0.1) is 38.9 Å². The van der Waals surface area contributed by atoms with E-state index >= 15 is 0 Å². The monoisotopic (exact) mass is 668 g/mol. The molecule has 0 atom stereocenters. The van der Waals surface area contributed by atoms with Crippen LogP contribution in [-0.4, -0.2) is 67.4 Å². The number of pyridine rings is 1. The molecule has 6 rings (SSSR count). The minimum absolute atomic E-state index is 0.190. The summed E-state index contributed by atoms with van der Waals surface area (Å²) in [7, 11) is 0. The Labute approximate surface area is 271 Å². The van der Waals surface area contributed by atoms with Crippen LogP contribution in [0.25, 0.3) is 10.2 Å². The highest BCUT2D eigenvalue weighted by Crippen LogP contribution is 2.39. The summed E-state index contributed by atoms with van der Waals surface area (Å²) in [5, 5.41) is 16.7. The number of rotatable bonds is 7. The highest BCUT2D eigenvalue weighted by atomic mass is 32.1. The van der Waals surface area contributed by atoms with Gasteiger partial charge in [-0.05, 0) is 64.0 Å². The first-order valence-corrected chi connectivity index (χ1v) is 15.7. The van der Waals surface area contributed by atoms with Crippen molar-refractivity contribution in [1.29, 1.82) is 0 Å². The van der Waals surface area contributed by atoms with Crippen molar-refractivity contribution >= 4 is 50.9 Å². The Morgan fingerprint density at radius 1 is 1.09 bits per heavy atom. The zero-order chi connectivity index (χ0) is 33.5. The van der Waals surface area contributed by atoms with Crippen molar-refractivity contribution in [2.24, 2.45) is 0 Å². The molecular weight excluding hydrogens is 637 g/mol. The summed E-state index contributed by atoms with van der Waals surface area (Å²) in [6.07, 6.45) is 0.372. The molecule has 5 heterocycles. The van der Waals surface area contributed by atoms with Crippen molar-refractivity contribution in [3.63, 3.8) is 0 Å². The number of aromatic nitrogens is 4. The van der Waals surface area contributed by atoms with Crippen LogP contribution in [0, 0.1) is 0 Å². The second kappa shape index (κ2) is 12.6. The fraction of sp³-hybridized carbons (Fsp3) is 0.387. The Hall–Kier alpha value is -4.54. The predicted octanol–water partition coefficient (Wildman–Crippen LogP) is 4.81. The minimum atomic E-state index is -4.69. The quantitative estimate of drug-likeness (QED) is 0.252. The molecule has 0 saturated carbocycles. The number of amides is 4. The van der Waals surface area contributed by atoms with Gasteiger partial charge in [0.15, 0.2) is 5.82 Å². The van der Waals surface area contributed by atoms with Crippen molar-refractivity contribution in [2.75, 3.05) is 29.9 Å². The zero-order valence-corrected chi connectivity index (χ0v) is 26.3. The molecule has 3 aromatic heterocycles. The van der Waals surface area contributed by atoms with Crippen molar-refractivity contribution in [3.05, 3.63) is 70.4 Å². The van der Waals surface area contributed by atoms with E-state index in [0.29, 0.717) is 23.4 Å². The summed E-state index contributed by atoms with van der Waals surface area (Å²) in [6, 6.07) is 6.00. The van der Waals surface area contributed by atoms with Crippen LogP contribution in [0.15, 0.2) is 42.7 Å². The number of urea groups is 1. The first-order chi connectivity index (χ1) is 22.2. The van der Waals surface area contributed by atoms with Crippen molar-refractivity contribution in [3.8, 4) is 0 Å². The van der Waals surface area contributed by atoms with Gasteiger partial charge in [-0.3, -0.25) is 29.7 Å². The summed E-state index contributed by atoms with van der Waals surface area (Å²) in [4.78, 5) is 57.3. The lowest BCUT2D eigenvalue weighted by Crippen LogP contribution is -2.50. The molecule has 3 N–H and O–H groups in total. The molecule has 4 aromatic rings. The Kier molecular flexibility index (Phi) is 8.67. The number of alkyl halides is 3. The number of piperidine rings is 1. The van der Waals surface area contributed by atoms with E-state index in [-0.39, 0.29) is 30.5 Å². The maximum atomic E-state index is 13.2. The molecular formula is C31H31F3N8O4S. The van der Waals surface area contributed by atoms with Gasteiger partial charge in [0.1, 0.15) is 11.4 Å². The molecule has 2 saturated heterocycles. The fourth-order valence-corrected chi connectivity index (χ4v) is 6.76. The maximum absolute atomic E-state index is 13.2. The standard InChI is InChI=1S/C31H31F3N8O4S/c1-30(2,46)19-12-22-23(13-21(19)38-27(44)20-4-3-5-24(37-20)31(32,33)34)47-28(39-22)17-6-9-41(10-7-17)16-18-14-36-25(15-35-18)42-11-8-26(43)40-29(42)45/h3-5,12-15,17,46H,6-11,16H2,1-2H3,(H,38,44)(H,40,43,45). The van der Waals surface area contributed by atoms with Gasteiger partial charge in [-0.2, -0.15) is 13.2 Å². The van der Waals surface area contributed by atoms with Crippen LogP contribution in [0.2, 0.25) is 0 Å². The number of thiazole rings is 1. The average Bonchev–Trinajstić information content (AvgIpc) is 3.44. The Morgan fingerprint density at radius 2 is 1.85 bits per heavy atom. The van der Waals surface area contributed by atoms with E-state index in [1.54, 1.807) is 32.2 Å². The first-order valence-electron chi connectivity index (χ1n) is 14.9. The van der Waals surface area contributed by atoms with Gasteiger partial charge in [-0.15, -0.1) is 11.3 Å². The number of carbonyl (C=O) groups excluding carboxylic acids is 3. The van der Waals surface area contributed by atoms with Crippen molar-refractivity contribution < 1.29 is 32.7 Å². The van der Waals surface area contributed by atoms with E-state index in [1.807, 2.05) is 0 Å². The van der Waals surface area contributed by atoms with Crippen LogP contribution in [-0.2, 0) is 23.1 Å². The van der Waals surface area contributed by atoms with Crippen molar-refractivity contribution in [1.82, 2.24) is 30.2 Å². The summed E-state index contributed by atoms with van der Waals surface area (Å²) >= 11 is 1.48. The molecule has 1 aromatic carbocycles. The van der Waals surface area contributed by atoms with Crippen LogP contribution in [0.3, 0.4) is 0 Å². The number of likely N-dealkylation sites (tertiary alicyclic amines) is 1. The number of aliphatic hydroxyl groups is 1. The van der Waals surface area contributed by atoms with Gasteiger partial charge in [-0.25, -0.2) is 19.7 Å². The lowest BCUT2D eigenvalue weighted by Gasteiger charge is -2.30. The number of carbonyl (C=O) groups is 3. The molecule has 47 heavy (non-hydrogen) atoms. The molecule has 0 unspecified atom stereocenters. The summed E-state index contributed by atoms with van der Waals surface area (Å²) < 4.78 is 40.2. The van der Waals surface area contributed by atoms with Gasteiger partial charge in [-0.1, -0.05) is 6.07 Å². The number of hydrogen-bond acceptors (Lipinski definition) is 10. The molecule has 0 aliphatic carbocycles. The third kappa shape index (κ3) is 7.24. The molecule has 4 amide bonds. The number of fused-ring (bicyclic) bond motifs is 1. The Balaban J connectivity index is 1.12. The molecule has 2 aliphatic rings. The first kappa shape index (κ1) is 32.4. The van der Waals surface area contributed by atoms with E-state index in [2.05, 4.69) is 30.5 Å². The zero-order valence-electron chi connectivity index (χ0n) is 25.5. The topological polar surface area (TPSA) is 154 Å². The van der Waals surface area contributed by atoms with Crippen LogP contribution in [0.4, 0.5) is 29.5 Å². The van der Waals surface area contributed by atoms with Gasteiger partial charge < -0.3 is 10.4 Å². The third-order valence-electron chi connectivity index (χ3n) is 8.07. The molecule has 16 heteroatoms. The highest BCUT2D eigenvalue weighted by molar-refractivity contribution is 7.18. The van der Waals surface area contributed by atoms with E-state index in [0.717, 1.165) is 53.5 Å². The summed E-state index contributed by atoms with van der Waals surface area (Å²) in [5.41, 5.74) is -0.897. The number of imide groups is 1. The lowest BCUT2D eigenvalue weighted by atomic mass is 9.95. The number of benzene rings is 1. The SMILES string of the molecule is CC(C)(O)c1cc2nc(C3CCN(Cc4cnc(N5CCC(=O)NC5=O)cn4)CC3)sc2cc1NC(=O)c1cccc(C(F)(F)F)n1. The maximum Gasteiger partial charge on any atom is 0.433 e. The third-order valence-corrected chi connectivity index (χ3v) is 9.25. The number of nitrogens with one attached hydrogen (secondary N) is 2. The Morgan fingerprint density at radius 3 is 2.51 bits per heavy atom. The van der Waals surface area contributed by atoms with Gasteiger partial charge in [0.25, 0.3) is 5.91 Å². The van der Waals surface area contributed by atoms with Crippen LogP contribution in [0.5, 0.6) is 0 Å².